The summed E-state index contributed by atoms with van der Waals surface area (Å²) in [4.78, 5) is 51.6. The van der Waals surface area contributed by atoms with Crippen molar-refractivity contribution in [3.8, 4) is 0 Å². The molecule has 0 unspecified atom stereocenters. The maximum Gasteiger partial charge on any atom is 0.306 e. The average molecular weight is 558 g/mol. The van der Waals surface area contributed by atoms with Crippen molar-refractivity contribution in [2.24, 2.45) is 5.92 Å². The molecule has 214 valence electrons. The van der Waals surface area contributed by atoms with E-state index >= 15 is 0 Å². The number of carbonyl (C=O) groups is 4. The standard InChI is InChI=1S/C32H35N3O6/c36-20-27(17-22-9-3-1-4-10-22)33-29(37)19-25-13-5-2-6-14-30(38)41-21-28(35-31(25)39)32(40)34-26-16-15-23-11-7-8-12-24(23)18-26/h1-5,7-12,15-16,18,25,27-28,36H,6,13-14,17,19-21H2,(H,33,37)(H,34,40)(H,35,39)/t25-,27+,28+/m1/s1. The molecule has 3 atom stereocenters. The molecular weight excluding hydrogens is 522 g/mol. The summed E-state index contributed by atoms with van der Waals surface area (Å²) in [5.74, 6) is -2.68. The molecule has 9 heteroatoms. The van der Waals surface area contributed by atoms with Crippen LogP contribution in [0, 0.1) is 5.92 Å². The summed E-state index contributed by atoms with van der Waals surface area (Å²) in [5, 5.41) is 20.1. The molecule has 0 aromatic heterocycles. The number of anilines is 1. The SMILES string of the molecule is O=C(C[C@H]1CC=CCCC(=O)OC[C@@H](C(=O)Nc2ccc3ccccc3c2)NC1=O)N[C@H](CO)Cc1ccccc1. The number of allylic oxidation sites excluding steroid dienone is 2. The Balaban J connectivity index is 1.44. The molecule has 4 N–H and O–H groups in total. The Kier molecular flexibility index (Phi) is 10.6. The molecule has 41 heavy (non-hydrogen) atoms. The average Bonchev–Trinajstić information content (AvgIpc) is 2.97. The first-order valence-electron chi connectivity index (χ1n) is 13.8. The van der Waals surface area contributed by atoms with Gasteiger partial charge in [0, 0.05) is 18.5 Å². The van der Waals surface area contributed by atoms with Crippen molar-refractivity contribution in [3.05, 3.63) is 90.5 Å². The van der Waals surface area contributed by atoms with E-state index in [1.54, 1.807) is 18.2 Å². The van der Waals surface area contributed by atoms with Crippen molar-refractivity contribution in [1.82, 2.24) is 10.6 Å². The Bertz CT molecular complexity index is 1390. The fourth-order valence-corrected chi connectivity index (χ4v) is 4.65. The third-order valence-corrected chi connectivity index (χ3v) is 6.88. The van der Waals surface area contributed by atoms with Gasteiger partial charge in [-0.25, -0.2) is 0 Å². The first kappa shape index (κ1) is 29.5. The minimum absolute atomic E-state index is 0.131. The summed E-state index contributed by atoms with van der Waals surface area (Å²) >= 11 is 0. The smallest absolute Gasteiger partial charge is 0.306 e. The molecule has 0 saturated heterocycles. The number of aliphatic hydroxyl groups is 1. The van der Waals surface area contributed by atoms with Crippen LogP contribution < -0.4 is 16.0 Å². The fraction of sp³-hybridized carbons (Fsp3) is 0.312. The fourth-order valence-electron chi connectivity index (χ4n) is 4.65. The zero-order valence-electron chi connectivity index (χ0n) is 22.8. The monoisotopic (exact) mass is 557 g/mol. The van der Waals surface area contributed by atoms with Gasteiger partial charge in [-0.3, -0.25) is 19.2 Å². The predicted molar refractivity (Wildman–Crippen MR) is 156 cm³/mol. The van der Waals surface area contributed by atoms with E-state index in [9.17, 15) is 24.3 Å². The topological polar surface area (TPSA) is 134 Å². The highest BCUT2D eigenvalue weighted by Crippen LogP contribution is 2.19. The quantitative estimate of drug-likeness (QED) is 0.248. The molecule has 1 aliphatic rings. The van der Waals surface area contributed by atoms with Gasteiger partial charge >= 0.3 is 5.97 Å². The zero-order chi connectivity index (χ0) is 29.0. The normalized spacial score (nSPS) is 18.8. The molecular formula is C32H35N3O6. The summed E-state index contributed by atoms with van der Waals surface area (Å²) in [6, 6.07) is 21.0. The third-order valence-electron chi connectivity index (χ3n) is 6.88. The largest absolute Gasteiger partial charge is 0.463 e. The zero-order valence-corrected chi connectivity index (χ0v) is 22.8. The summed E-state index contributed by atoms with van der Waals surface area (Å²) in [6.45, 7) is -0.587. The Labute approximate surface area is 239 Å². The number of nitrogens with one attached hydrogen (secondary N) is 3. The van der Waals surface area contributed by atoms with Crippen molar-refractivity contribution < 1.29 is 29.0 Å². The Morgan fingerprint density at radius 1 is 0.976 bits per heavy atom. The van der Waals surface area contributed by atoms with Crippen LogP contribution >= 0.6 is 0 Å². The van der Waals surface area contributed by atoms with Crippen LogP contribution in [0.1, 0.15) is 31.2 Å². The van der Waals surface area contributed by atoms with Gasteiger partial charge in [0.1, 0.15) is 12.6 Å². The number of hydrogen-bond donors (Lipinski definition) is 4. The van der Waals surface area contributed by atoms with Gasteiger partial charge in [-0.2, -0.15) is 0 Å². The van der Waals surface area contributed by atoms with Gasteiger partial charge in [-0.1, -0.05) is 72.8 Å². The number of hydrogen-bond acceptors (Lipinski definition) is 6. The molecule has 0 radical (unpaired) electrons. The highest BCUT2D eigenvalue weighted by Gasteiger charge is 2.29. The molecule has 0 spiro atoms. The van der Waals surface area contributed by atoms with Crippen molar-refractivity contribution in [2.75, 3.05) is 18.5 Å². The molecule has 1 aliphatic heterocycles. The van der Waals surface area contributed by atoms with Crippen molar-refractivity contribution in [3.63, 3.8) is 0 Å². The minimum atomic E-state index is -1.16. The van der Waals surface area contributed by atoms with E-state index in [-0.39, 0.29) is 38.4 Å². The maximum atomic E-state index is 13.3. The lowest BCUT2D eigenvalue weighted by atomic mass is 9.97. The Morgan fingerprint density at radius 3 is 2.51 bits per heavy atom. The predicted octanol–water partition coefficient (Wildman–Crippen LogP) is 3.27. The molecule has 1 heterocycles. The maximum absolute atomic E-state index is 13.3. The highest BCUT2D eigenvalue weighted by atomic mass is 16.5. The van der Waals surface area contributed by atoms with E-state index in [0.717, 1.165) is 16.3 Å². The van der Waals surface area contributed by atoms with Crippen molar-refractivity contribution in [2.45, 2.75) is 44.2 Å². The van der Waals surface area contributed by atoms with E-state index in [2.05, 4.69) is 16.0 Å². The lowest BCUT2D eigenvalue weighted by molar-refractivity contribution is -0.146. The molecule has 0 fully saturated rings. The van der Waals surface area contributed by atoms with E-state index in [1.165, 1.54) is 0 Å². The molecule has 9 nitrogen and oxygen atoms in total. The lowest BCUT2D eigenvalue weighted by Crippen LogP contribution is -2.50. The summed E-state index contributed by atoms with van der Waals surface area (Å²) in [6.07, 6.45) is 4.63. The van der Waals surface area contributed by atoms with Crippen LogP contribution in [0.4, 0.5) is 5.69 Å². The Morgan fingerprint density at radius 2 is 1.73 bits per heavy atom. The second-order valence-electron chi connectivity index (χ2n) is 10.1. The number of aliphatic hydroxyl groups excluding tert-OH is 1. The summed E-state index contributed by atoms with van der Waals surface area (Å²) < 4.78 is 5.29. The number of fused-ring (bicyclic) bond motifs is 1. The van der Waals surface area contributed by atoms with Crippen LogP contribution in [0.25, 0.3) is 10.8 Å². The first-order chi connectivity index (χ1) is 19.9. The number of cyclic esters (lactones) is 1. The lowest BCUT2D eigenvalue weighted by Gasteiger charge is -2.23. The van der Waals surface area contributed by atoms with Gasteiger partial charge in [-0.15, -0.1) is 0 Å². The van der Waals surface area contributed by atoms with E-state index in [1.807, 2.05) is 66.7 Å². The molecule has 4 rings (SSSR count). The molecule has 3 amide bonds. The van der Waals surface area contributed by atoms with Gasteiger partial charge in [-0.05, 0) is 47.7 Å². The summed E-state index contributed by atoms with van der Waals surface area (Å²) in [5.41, 5.74) is 1.50. The number of amides is 3. The van der Waals surface area contributed by atoms with Gasteiger partial charge in [0.2, 0.25) is 11.8 Å². The first-order valence-corrected chi connectivity index (χ1v) is 13.8. The number of ether oxygens (including phenoxy) is 1. The van der Waals surface area contributed by atoms with Gasteiger partial charge in [0.05, 0.1) is 18.6 Å². The van der Waals surface area contributed by atoms with Crippen LogP contribution in [0.2, 0.25) is 0 Å². The van der Waals surface area contributed by atoms with Crippen LogP contribution in [0.5, 0.6) is 0 Å². The highest BCUT2D eigenvalue weighted by molar-refractivity contribution is 5.99. The second-order valence-corrected chi connectivity index (χ2v) is 10.1. The van der Waals surface area contributed by atoms with Crippen LogP contribution in [-0.4, -0.2) is 54.1 Å². The second kappa shape index (κ2) is 14.8. The van der Waals surface area contributed by atoms with E-state index in [0.29, 0.717) is 18.5 Å². The van der Waals surface area contributed by atoms with Crippen LogP contribution in [0.15, 0.2) is 84.9 Å². The molecule has 3 aromatic rings. The number of benzene rings is 3. The van der Waals surface area contributed by atoms with Crippen molar-refractivity contribution >= 4 is 40.2 Å². The van der Waals surface area contributed by atoms with E-state index in [4.69, 9.17) is 4.74 Å². The van der Waals surface area contributed by atoms with Crippen LogP contribution in [0.3, 0.4) is 0 Å². The molecule has 0 saturated carbocycles. The van der Waals surface area contributed by atoms with Crippen molar-refractivity contribution in [1.29, 1.82) is 0 Å². The van der Waals surface area contributed by atoms with Gasteiger partial charge < -0.3 is 25.8 Å². The molecule has 3 aromatic carbocycles. The number of esters is 1. The number of carbonyl (C=O) groups excluding carboxylic acids is 4. The number of rotatable bonds is 8. The Hall–Kier alpha value is -4.50. The molecule has 0 bridgehead atoms. The van der Waals surface area contributed by atoms with Gasteiger partial charge in [0.15, 0.2) is 0 Å². The van der Waals surface area contributed by atoms with Crippen LogP contribution in [-0.2, 0) is 30.3 Å². The van der Waals surface area contributed by atoms with Gasteiger partial charge in [0.25, 0.3) is 5.91 Å². The third kappa shape index (κ3) is 9.01. The minimum Gasteiger partial charge on any atom is -0.463 e. The van der Waals surface area contributed by atoms with E-state index < -0.39 is 35.8 Å². The summed E-state index contributed by atoms with van der Waals surface area (Å²) in [7, 11) is 0. The molecule has 0 aliphatic carbocycles.